The number of benzene rings is 2. The molecule has 0 heterocycles. The van der Waals surface area contributed by atoms with E-state index in [4.69, 9.17) is 0 Å². The van der Waals surface area contributed by atoms with Crippen molar-refractivity contribution >= 4 is 16.0 Å². The summed E-state index contributed by atoms with van der Waals surface area (Å²) in [5, 5.41) is 9.49. The molecular formula is C18H16F5NO4S. The molecule has 1 atom stereocenters. The molecule has 5 nitrogen and oxygen atoms in total. The van der Waals surface area contributed by atoms with Gasteiger partial charge in [0.05, 0.1) is 0 Å². The molecule has 11 heteroatoms. The van der Waals surface area contributed by atoms with Crippen LogP contribution in [0.4, 0.5) is 22.0 Å². The minimum absolute atomic E-state index is 0.216. The summed E-state index contributed by atoms with van der Waals surface area (Å²) in [7, 11) is -5.46. The number of halogens is 5. The van der Waals surface area contributed by atoms with Crippen molar-refractivity contribution in [2.75, 3.05) is 0 Å². The lowest BCUT2D eigenvalue weighted by atomic mass is 10.0. The van der Waals surface area contributed by atoms with Crippen LogP contribution in [0.3, 0.4) is 0 Å². The monoisotopic (exact) mass is 437 g/mol. The topological polar surface area (TPSA) is 74.7 Å². The van der Waals surface area contributed by atoms with Gasteiger partial charge in [-0.15, -0.1) is 0 Å². The second kappa shape index (κ2) is 8.46. The summed E-state index contributed by atoms with van der Waals surface area (Å²) in [6.07, 6.45) is 0. The van der Waals surface area contributed by atoms with Crippen molar-refractivity contribution in [1.82, 2.24) is 4.31 Å². The first kappa shape index (κ1) is 22.8. The Hall–Kier alpha value is -2.53. The van der Waals surface area contributed by atoms with E-state index in [2.05, 4.69) is 0 Å². The molecule has 0 fully saturated rings. The molecule has 0 radical (unpaired) electrons. The van der Waals surface area contributed by atoms with Gasteiger partial charge in [-0.05, 0) is 11.5 Å². The van der Waals surface area contributed by atoms with Crippen LogP contribution in [0.1, 0.15) is 19.4 Å². The standard InChI is InChI=1S/C18H16F5NO4S/c1-9(2)16(18(25)26)24(8-10-6-4-3-5-7-10)29(27,28)17-14(22)12(20)11(19)13(21)15(17)23/h3-7,9,16H,8H2,1-2H3,(H,25,26). The zero-order chi connectivity index (χ0) is 22.1. The van der Waals surface area contributed by atoms with Crippen LogP contribution in [-0.4, -0.2) is 29.8 Å². The van der Waals surface area contributed by atoms with Gasteiger partial charge in [-0.2, -0.15) is 4.31 Å². The molecule has 0 saturated carbocycles. The van der Waals surface area contributed by atoms with E-state index < -0.39 is 68.5 Å². The maximum Gasteiger partial charge on any atom is 0.322 e. The van der Waals surface area contributed by atoms with Gasteiger partial charge in [-0.1, -0.05) is 44.2 Å². The van der Waals surface area contributed by atoms with E-state index in [9.17, 15) is 40.3 Å². The fourth-order valence-electron chi connectivity index (χ4n) is 2.77. The summed E-state index contributed by atoms with van der Waals surface area (Å²) in [5.41, 5.74) is 0.242. The predicted octanol–water partition coefficient (Wildman–Crippen LogP) is 3.68. The zero-order valence-corrected chi connectivity index (χ0v) is 16.0. The average molecular weight is 437 g/mol. The first-order valence-corrected chi connectivity index (χ1v) is 9.65. The van der Waals surface area contributed by atoms with E-state index in [-0.39, 0.29) is 9.87 Å². The Bertz CT molecular complexity index is 999. The van der Waals surface area contributed by atoms with Crippen molar-refractivity contribution in [2.45, 2.75) is 31.3 Å². The number of aliphatic carboxylic acids is 1. The Morgan fingerprint density at radius 2 is 1.38 bits per heavy atom. The summed E-state index contributed by atoms with van der Waals surface area (Å²) in [6, 6.07) is 5.59. The van der Waals surface area contributed by atoms with Crippen LogP contribution in [0, 0.1) is 35.0 Å². The van der Waals surface area contributed by atoms with E-state index in [0.29, 0.717) is 0 Å². The number of nitrogens with zero attached hydrogens (tertiary/aromatic N) is 1. The number of carboxylic acid groups (broad SMARTS) is 1. The van der Waals surface area contributed by atoms with E-state index >= 15 is 0 Å². The van der Waals surface area contributed by atoms with Gasteiger partial charge in [-0.25, -0.2) is 30.4 Å². The van der Waals surface area contributed by atoms with Crippen LogP contribution >= 0.6 is 0 Å². The van der Waals surface area contributed by atoms with Gasteiger partial charge >= 0.3 is 5.97 Å². The normalized spacial score (nSPS) is 13.1. The number of sulfonamides is 1. The molecule has 1 unspecified atom stereocenters. The molecule has 0 bridgehead atoms. The van der Waals surface area contributed by atoms with Gasteiger partial charge in [0.15, 0.2) is 28.2 Å². The Morgan fingerprint density at radius 3 is 1.79 bits per heavy atom. The highest BCUT2D eigenvalue weighted by Gasteiger charge is 2.43. The molecule has 2 aromatic rings. The number of carboxylic acids is 1. The van der Waals surface area contributed by atoms with Crippen molar-refractivity contribution in [1.29, 1.82) is 0 Å². The molecule has 0 aliphatic carbocycles. The number of hydrogen-bond acceptors (Lipinski definition) is 3. The smallest absolute Gasteiger partial charge is 0.322 e. The highest BCUT2D eigenvalue weighted by molar-refractivity contribution is 7.89. The van der Waals surface area contributed by atoms with Gasteiger partial charge in [0.2, 0.25) is 15.8 Å². The zero-order valence-electron chi connectivity index (χ0n) is 15.2. The SMILES string of the molecule is CC(C)C(C(=O)O)N(Cc1ccccc1)S(=O)(=O)c1c(F)c(F)c(F)c(F)c1F. The highest BCUT2D eigenvalue weighted by atomic mass is 32.2. The summed E-state index contributed by atoms with van der Waals surface area (Å²) in [4.78, 5) is 9.61. The summed E-state index contributed by atoms with van der Waals surface area (Å²) in [6.45, 7) is 2.01. The van der Waals surface area contributed by atoms with Crippen LogP contribution < -0.4 is 0 Å². The number of hydrogen-bond donors (Lipinski definition) is 1. The van der Waals surface area contributed by atoms with Crippen LogP contribution in [0.5, 0.6) is 0 Å². The second-order valence-electron chi connectivity index (χ2n) is 6.46. The average Bonchev–Trinajstić information content (AvgIpc) is 2.64. The molecule has 0 amide bonds. The number of rotatable bonds is 7. The maximum absolute atomic E-state index is 14.2. The maximum atomic E-state index is 14.2. The van der Waals surface area contributed by atoms with Crippen molar-refractivity contribution < 1.29 is 40.3 Å². The van der Waals surface area contributed by atoms with E-state index in [0.717, 1.165) is 0 Å². The Kier molecular flexibility index (Phi) is 6.63. The van der Waals surface area contributed by atoms with Crippen LogP contribution in [0.25, 0.3) is 0 Å². The Morgan fingerprint density at radius 1 is 0.931 bits per heavy atom. The third-order valence-corrected chi connectivity index (χ3v) is 5.96. The summed E-state index contributed by atoms with van der Waals surface area (Å²) in [5.74, 6) is -15.1. The van der Waals surface area contributed by atoms with E-state index in [1.54, 1.807) is 6.07 Å². The van der Waals surface area contributed by atoms with Crippen molar-refractivity contribution in [2.24, 2.45) is 5.92 Å². The lowest BCUT2D eigenvalue weighted by Gasteiger charge is -2.31. The predicted molar refractivity (Wildman–Crippen MR) is 91.7 cm³/mol. The molecular weight excluding hydrogens is 421 g/mol. The minimum atomic E-state index is -5.46. The third-order valence-electron chi connectivity index (χ3n) is 4.11. The lowest BCUT2D eigenvalue weighted by Crippen LogP contribution is -2.48. The molecule has 2 rings (SSSR count). The molecule has 29 heavy (non-hydrogen) atoms. The fourth-order valence-corrected chi connectivity index (χ4v) is 4.58. The minimum Gasteiger partial charge on any atom is -0.480 e. The largest absolute Gasteiger partial charge is 0.480 e. The van der Waals surface area contributed by atoms with Gasteiger partial charge in [-0.3, -0.25) is 4.79 Å². The van der Waals surface area contributed by atoms with Crippen molar-refractivity contribution in [3.8, 4) is 0 Å². The first-order valence-electron chi connectivity index (χ1n) is 8.21. The molecule has 0 aromatic heterocycles. The molecule has 2 aromatic carbocycles. The van der Waals surface area contributed by atoms with Crippen LogP contribution in [0.15, 0.2) is 35.2 Å². The van der Waals surface area contributed by atoms with Gasteiger partial charge < -0.3 is 5.11 Å². The third kappa shape index (κ3) is 4.25. The van der Waals surface area contributed by atoms with Crippen LogP contribution in [-0.2, 0) is 21.4 Å². The lowest BCUT2D eigenvalue weighted by molar-refractivity contribution is -0.143. The molecule has 0 spiro atoms. The summed E-state index contributed by atoms with van der Waals surface area (Å²) >= 11 is 0. The van der Waals surface area contributed by atoms with E-state index in [1.165, 1.54) is 38.1 Å². The highest BCUT2D eigenvalue weighted by Crippen LogP contribution is 2.32. The summed E-state index contributed by atoms with van der Waals surface area (Å²) < 4.78 is 95.0. The Labute approximate surface area is 163 Å². The quantitative estimate of drug-likeness (QED) is 0.407. The molecule has 0 saturated heterocycles. The molecule has 0 aliphatic rings. The van der Waals surface area contributed by atoms with Crippen molar-refractivity contribution in [3.05, 3.63) is 65.0 Å². The number of carbonyl (C=O) groups is 1. The van der Waals surface area contributed by atoms with Crippen molar-refractivity contribution in [3.63, 3.8) is 0 Å². The van der Waals surface area contributed by atoms with Gasteiger partial charge in [0.1, 0.15) is 6.04 Å². The second-order valence-corrected chi connectivity index (χ2v) is 8.29. The molecule has 0 aliphatic heterocycles. The first-order chi connectivity index (χ1) is 13.4. The molecule has 1 N–H and O–H groups in total. The molecule has 158 valence electrons. The van der Waals surface area contributed by atoms with Gasteiger partial charge in [0, 0.05) is 6.54 Å². The fraction of sp³-hybridized carbons (Fsp3) is 0.278. The van der Waals surface area contributed by atoms with Gasteiger partial charge in [0.25, 0.3) is 0 Å². The van der Waals surface area contributed by atoms with E-state index in [1.807, 2.05) is 0 Å². The van der Waals surface area contributed by atoms with Crippen LogP contribution in [0.2, 0.25) is 0 Å². The Balaban J connectivity index is 2.78.